The van der Waals surface area contributed by atoms with Crippen molar-refractivity contribution < 1.29 is 8.78 Å². The van der Waals surface area contributed by atoms with E-state index in [1.165, 1.54) is 18.5 Å². The molecule has 0 aliphatic heterocycles. The molecule has 1 heterocycles. The van der Waals surface area contributed by atoms with E-state index in [1.54, 1.807) is 6.07 Å². The van der Waals surface area contributed by atoms with Crippen molar-refractivity contribution in [3.05, 3.63) is 52.2 Å². The summed E-state index contributed by atoms with van der Waals surface area (Å²) in [5, 5.41) is 0. The van der Waals surface area contributed by atoms with Crippen LogP contribution in [0, 0.1) is 11.6 Å². The van der Waals surface area contributed by atoms with Gasteiger partial charge in [0.2, 0.25) is 0 Å². The van der Waals surface area contributed by atoms with Crippen LogP contribution >= 0.6 is 0 Å². The first-order valence-electron chi connectivity index (χ1n) is 6.65. The van der Waals surface area contributed by atoms with E-state index in [0.717, 1.165) is 19.3 Å². The van der Waals surface area contributed by atoms with Gasteiger partial charge in [-0.15, -0.1) is 0 Å². The van der Waals surface area contributed by atoms with Crippen LogP contribution in [0.1, 0.15) is 31.7 Å². The van der Waals surface area contributed by atoms with Gasteiger partial charge in [0.25, 0.3) is 0 Å². The zero-order chi connectivity index (χ0) is 14.5. The number of aromatic amines is 1. The molecule has 0 atom stereocenters. The Morgan fingerprint density at radius 1 is 1.20 bits per heavy atom. The van der Waals surface area contributed by atoms with Gasteiger partial charge in [0, 0.05) is 23.5 Å². The van der Waals surface area contributed by atoms with Crippen LogP contribution in [0.15, 0.2) is 29.3 Å². The highest BCUT2D eigenvalue weighted by atomic mass is 19.2. The summed E-state index contributed by atoms with van der Waals surface area (Å²) in [4.78, 5) is 16.7. The van der Waals surface area contributed by atoms with E-state index in [0.29, 0.717) is 17.5 Å². The van der Waals surface area contributed by atoms with Crippen molar-refractivity contribution in [2.75, 3.05) is 0 Å². The normalized spacial score (nSPS) is 10.8. The molecule has 0 saturated heterocycles. The highest BCUT2D eigenvalue weighted by Gasteiger charge is 2.14. The van der Waals surface area contributed by atoms with Gasteiger partial charge >= 0.3 is 5.69 Å². The largest absolute Gasteiger partial charge is 0.344 e. The fourth-order valence-electron chi connectivity index (χ4n) is 2.06. The number of unbranched alkanes of at least 4 members (excludes halogenated alkanes) is 2. The Morgan fingerprint density at radius 3 is 2.65 bits per heavy atom. The summed E-state index contributed by atoms with van der Waals surface area (Å²) in [6.45, 7) is 2.06. The number of halogens is 2. The molecule has 106 valence electrons. The molecule has 0 aliphatic rings. The van der Waals surface area contributed by atoms with E-state index < -0.39 is 17.3 Å². The fraction of sp³-hybridized carbons (Fsp3) is 0.333. The molecule has 20 heavy (non-hydrogen) atoms. The maximum absolute atomic E-state index is 14.1. The molecule has 3 nitrogen and oxygen atoms in total. The Kier molecular flexibility index (Phi) is 4.61. The quantitative estimate of drug-likeness (QED) is 0.851. The molecule has 0 bridgehead atoms. The summed E-state index contributed by atoms with van der Waals surface area (Å²) in [5.41, 5.74) is 0.314. The predicted octanol–water partition coefficient (Wildman–Crippen LogP) is 3.45. The highest BCUT2D eigenvalue weighted by molar-refractivity contribution is 5.62. The Labute approximate surface area is 115 Å². The molecule has 0 aliphatic carbocycles. The standard InChI is InChI=1S/C15H16F2N2O/c1-2-3-4-5-10-6-7-12(14(17)13(10)16)11-8-18-15(20)19-9-11/h6-9H,2-5H2,1H3,(H,18,19,20). The Balaban J connectivity index is 2.30. The van der Waals surface area contributed by atoms with Crippen molar-refractivity contribution >= 4 is 0 Å². The van der Waals surface area contributed by atoms with Crippen LogP contribution in [0.5, 0.6) is 0 Å². The number of aromatic nitrogens is 2. The van der Waals surface area contributed by atoms with E-state index in [2.05, 4.69) is 16.9 Å². The first-order chi connectivity index (χ1) is 9.63. The third kappa shape index (κ3) is 3.10. The zero-order valence-corrected chi connectivity index (χ0v) is 11.2. The number of benzene rings is 1. The number of H-pyrrole nitrogens is 1. The van der Waals surface area contributed by atoms with Gasteiger partial charge in [0.15, 0.2) is 11.6 Å². The smallest absolute Gasteiger partial charge is 0.312 e. The maximum atomic E-state index is 14.1. The van der Waals surface area contributed by atoms with Crippen LogP contribution in [0.2, 0.25) is 0 Å². The third-order valence-corrected chi connectivity index (χ3v) is 3.19. The van der Waals surface area contributed by atoms with Gasteiger partial charge < -0.3 is 4.98 Å². The minimum absolute atomic E-state index is 0.102. The maximum Gasteiger partial charge on any atom is 0.344 e. The molecule has 1 N–H and O–H groups in total. The molecule has 0 spiro atoms. The van der Waals surface area contributed by atoms with E-state index in [9.17, 15) is 13.6 Å². The second-order valence-electron chi connectivity index (χ2n) is 4.66. The molecule has 1 aromatic heterocycles. The molecule has 2 rings (SSSR count). The SMILES string of the molecule is CCCCCc1ccc(-c2cnc(=O)[nH]c2)c(F)c1F. The summed E-state index contributed by atoms with van der Waals surface area (Å²) in [5.74, 6) is -1.71. The molecule has 0 saturated carbocycles. The Bertz CT molecular complexity index is 632. The van der Waals surface area contributed by atoms with Crippen LogP contribution in [0.4, 0.5) is 8.78 Å². The molecule has 0 fully saturated rings. The molecule has 5 heteroatoms. The number of rotatable bonds is 5. The van der Waals surface area contributed by atoms with Crippen LogP contribution in [0.3, 0.4) is 0 Å². The number of nitrogens with one attached hydrogen (secondary N) is 1. The summed E-state index contributed by atoms with van der Waals surface area (Å²) in [6, 6.07) is 3.11. The monoisotopic (exact) mass is 278 g/mol. The van der Waals surface area contributed by atoms with Gasteiger partial charge in [0.1, 0.15) is 0 Å². The van der Waals surface area contributed by atoms with Crippen molar-refractivity contribution in [2.45, 2.75) is 32.6 Å². The van der Waals surface area contributed by atoms with Crippen LogP contribution in [0.25, 0.3) is 11.1 Å². The van der Waals surface area contributed by atoms with Crippen LogP contribution in [-0.4, -0.2) is 9.97 Å². The molecule has 0 radical (unpaired) electrons. The number of nitrogens with zero attached hydrogens (tertiary/aromatic N) is 1. The average Bonchev–Trinajstić information content (AvgIpc) is 2.45. The van der Waals surface area contributed by atoms with Crippen molar-refractivity contribution in [3.8, 4) is 11.1 Å². The summed E-state index contributed by atoms with van der Waals surface area (Å²) >= 11 is 0. The summed E-state index contributed by atoms with van der Waals surface area (Å²) in [7, 11) is 0. The molecule has 1 aromatic carbocycles. The van der Waals surface area contributed by atoms with Crippen molar-refractivity contribution in [1.82, 2.24) is 9.97 Å². The molecular formula is C15H16F2N2O. The predicted molar refractivity (Wildman–Crippen MR) is 73.4 cm³/mol. The van der Waals surface area contributed by atoms with Crippen LogP contribution in [-0.2, 0) is 6.42 Å². The topological polar surface area (TPSA) is 45.8 Å². The van der Waals surface area contributed by atoms with E-state index in [4.69, 9.17) is 0 Å². The first-order valence-corrected chi connectivity index (χ1v) is 6.65. The van der Waals surface area contributed by atoms with Gasteiger partial charge in [-0.2, -0.15) is 0 Å². The number of hydrogen-bond donors (Lipinski definition) is 1. The third-order valence-electron chi connectivity index (χ3n) is 3.19. The van der Waals surface area contributed by atoms with E-state index in [-0.39, 0.29) is 5.56 Å². The van der Waals surface area contributed by atoms with E-state index >= 15 is 0 Å². The lowest BCUT2D eigenvalue weighted by Gasteiger charge is -2.08. The van der Waals surface area contributed by atoms with Gasteiger partial charge in [-0.3, -0.25) is 0 Å². The lowest BCUT2D eigenvalue weighted by atomic mass is 10.0. The number of aryl methyl sites for hydroxylation is 1. The van der Waals surface area contributed by atoms with Crippen molar-refractivity contribution in [1.29, 1.82) is 0 Å². The second kappa shape index (κ2) is 6.41. The fourth-order valence-corrected chi connectivity index (χ4v) is 2.06. The average molecular weight is 278 g/mol. The van der Waals surface area contributed by atoms with E-state index in [1.807, 2.05) is 0 Å². The van der Waals surface area contributed by atoms with Gasteiger partial charge in [-0.1, -0.05) is 31.9 Å². The minimum atomic E-state index is -0.896. The van der Waals surface area contributed by atoms with Crippen molar-refractivity contribution in [3.63, 3.8) is 0 Å². The second-order valence-corrected chi connectivity index (χ2v) is 4.66. The molecule has 0 amide bonds. The molecule has 0 unspecified atom stereocenters. The lowest BCUT2D eigenvalue weighted by molar-refractivity contribution is 0.498. The minimum Gasteiger partial charge on any atom is -0.312 e. The van der Waals surface area contributed by atoms with Gasteiger partial charge in [0.05, 0.1) is 0 Å². The Morgan fingerprint density at radius 2 is 2.00 bits per heavy atom. The first kappa shape index (κ1) is 14.4. The molecular weight excluding hydrogens is 262 g/mol. The van der Waals surface area contributed by atoms with Gasteiger partial charge in [-0.25, -0.2) is 18.6 Å². The Hall–Kier alpha value is -2.04. The van der Waals surface area contributed by atoms with Crippen LogP contribution < -0.4 is 5.69 Å². The highest BCUT2D eigenvalue weighted by Crippen LogP contribution is 2.25. The summed E-state index contributed by atoms with van der Waals surface area (Å²) in [6.07, 6.45) is 5.95. The van der Waals surface area contributed by atoms with Gasteiger partial charge in [-0.05, 0) is 18.4 Å². The molecule has 2 aromatic rings. The van der Waals surface area contributed by atoms with Crippen molar-refractivity contribution in [2.24, 2.45) is 0 Å². The number of hydrogen-bond acceptors (Lipinski definition) is 2. The lowest BCUT2D eigenvalue weighted by Crippen LogP contribution is -2.08. The zero-order valence-electron chi connectivity index (χ0n) is 11.2. The summed E-state index contributed by atoms with van der Waals surface area (Å²) < 4.78 is 28.0.